The number of anilines is 1. The summed E-state index contributed by atoms with van der Waals surface area (Å²) in [5.74, 6) is -0.907. The smallest absolute Gasteiger partial charge is 0.286 e. The van der Waals surface area contributed by atoms with Crippen molar-refractivity contribution in [3.05, 3.63) is 70.3 Å². The lowest BCUT2D eigenvalue weighted by molar-refractivity contribution is -0.118. The molecule has 2 heterocycles. The Bertz CT molecular complexity index is 1820. The predicted molar refractivity (Wildman–Crippen MR) is 195 cm³/mol. The van der Waals surface area contributed by atoms with E-state index in [1.54, 1.807) is 25.3 Å². The van der Waals surface area contributed by atoms with E-state index in [1.165, 1.54) is 11.1 Å². The summed E-state index contributed by atoms with van der Waals surface area (Å²) in [7, 11) is -5.28. The number of aryl methyl sites for hydroxylation is 1. The number of sulfone groups is 1. The molecule has 13 heteroatoms. The van der Waals surface area contributed by atoms with E-state index < -0.39 is 37.3 Å². The molecule has 1 aliphatic carbocycles. The topological polar surface area (TPSA) is 131 Å². The number of carbonyl (C=O) groups excluding carboxylic acids is 2. The minimum absolute atomic E-state index is 0.0788. The van der Waals surface area contributed by atoms with Gasteiger partial charge in [0, 0.05) is 48.9 Å². The molecule has 0 fully saturated rings. The average Bonchev–Trinajstić information content (AvgIpc) is 3.20. The third kappa shape index (κ3) is 9.06. The van der Waals surface area contributed by atoms with Gasteiger partial charge in [-0.2, -0.15) is 0 Å². The summed E-state index contributed by atoms with van der Waals surface area (Å²) in [5.41, 5.74) is 3.14. The number of nitrogens with one attached hydrogen (secondary N) is 1. The molecule has 0 saturated carbocycles. The number of halogens is 1. The molecule has 0 radical (unpaired) electrons. The van der Waals surface area contributed by atoms with Crippen LogP contribution in [-0.4, -0.2) is 75.1 Å². The van der Waals surface area contributed by atoms with E-state index in [-0.39, 0.29) is 41.1 Å². The van der Waals surface area contributed by atoms with Gasteiger partial charge >= 0.3 is 0 Å². The van der Waals surface area contributed by atoms with E-state index >= 15 is 0 Å². The first kappa shape index (κ1) is 37.3. The predicted octanol–water partition coefficient (Wildman–Crippen LogP) is 5.91. The molecule has 2 aromatic carbocycles. The molecular weight excluding hydrogens is 686 g/mol. The highest BCUT2D eigenvalue weighted by atomic mass is 35.5. The highest BCUT2D eigenvalue weighted by Gasteiger charge is 2.42. The number of methoxy groups -OCH3 is 1. The molecule has 1 spiro atoms. The first-order chi connectivity index (χ1) is 23.2. The molecule has 2 aromatic rings. The van der Waals surface area contributed by atoms with Gasteiger partial charge in [0.2, 0.25) is 5.91 Å². The highest BCUT2D eigenvalue weighted by Crippen LogP contribution is 2.45. The number of amides is 2. The molecule has 1 unspecified atom stereocenters. The maximum absolute atomic E-state index is 14.0. The molecule has 49 heavy (non-hydrogen) atoms. The third-order valence-electron chi connectivity index (χ3n) is 10.1. The summed E-state index contributed by atoms with van der Waals surface area (Å²) in [6.45, 7) is 6.21. The van der Waals surface area contributed by atoms with E-state index in [1.807, 2.05) is 18.2 Å². The number of hydrogen-bond acceptors (Lipinski definition) is 8. The van der Waals surface area contributed by atoms with Crippen LogP contribution in [0.2, 0.25) is 5.02 Å². The quantitative estimate of drug-likeness (QED) is 0.363. The maximum atomic E-state index is 14.0. The van der Waals surface area contributed by atoms with Crippen molar-refractivity contribution < 1.29 is 31.7 Å². The van der Waals surface area contributed by atoms with Crippen LogP contribution in [0.5, 0.6) is 5.75 Å². The molecule has 268 valence electrons. The van der Waals surface area contributed by atoms with E-state index in [4.69, 9.17) is 21.1 Å². The fraction of sp³-hybridized carbons (Fsp3) is 0.556. The Morgan fingerprint density at radius 3 is 2.76 bits per heavy atom. The van der Waals surface area contributed by atoms with Crippen molar-refractivity contribution in [2.75, 3.05) is 49.5 Å². The van der Waals surface area contributed by atoms with Crippen LogP contribution < -0.4 is 14.4 Å². The standard InChI is InChI=1S/C36H48ClN3O7S2/c1-5-26-22-40-23-36(17-9-10-27-20-29(37)13-14-30(27)36)24-47-33-15-12-28(21-31(33)40)35(42)39-49(45,38-34(41)16-19-48(4,43)44)18-8-6-7-11-32(46-3)25(26)2/h7,11-15,20-21,25-26,32H,5-6,8-10,16-19,22-24H2,1-4H3,(H,38,39,41,42,45)/b11-7-/t25-,26+,32+,36+,49?/m1/s1. The van der Waals surface area contributed by atoms with Gasteiger partial charge in [-0.25, -0.2) is 12.6 Å². The second-order valence-electron chi connectivity index (χ2n) is 13.7. The lowest BCUT2D eigenvalue weighted by Crippen LogP contribution is -2.47. The lowest BCUT2D eigenvalue weighted by atomic mass is 9.70. The second-order valence-corrected chi connectivity index (χ2v) is 18.5. The number of hydrogen-bond donors (Lipinski definition) is 1. The van der Waals surface area contributed by atoms with Gasteiger partial charge in [-0.05, 0) is 85.4 Å². The Hall–Kier alpha value is -2.93. The van der Waals surface area contributed by atoms with E-state index in [2.05, 4.69) is 40.0 Å². The SMILES string of the molecule is CC[C@H]1CN2C[C@@]3(CCCc4cc(Cl)ccc43)COc3ccc(cc32)C(=O)N=S(=O)(NC(=O)CCS(C)(=O)=O)CCC/C=C\[C@H](OC)[C@@H]1C. The van der Waals surface area contributed by atoms with Crippen LogP contribution in [0.15, 0.2) is 52.9 Å². The normalized spacial score (nSPS) is 28.5. The van der Waals surface area contributed by atoms with E-state index in [0.29, 0.717) is 43.3 Å². The van der Waals surface area contributed by atoms with Crippen LogP contribution in [0.1, 0.15) is 73.9 Å². The summed E-state index contributed by atoms with van der Waals surface area (Å²) in [6.07, 6.45) is 9.20. The Labute approximate surface area is 296 Å². The molecule has 2 amide bonds. The minimum Gasteiger partial charge on any atom is -0.490 e. The van der Waals surface area contributed by atoms with Gasteiger partial charge in [-0.1, -0.05) is 50.1 Å². The summed E-state index contributed by atoms with van der Waals surface area (Å²) in [4.78, 5) is 28.8. The lowest BCUT2D eigenvalue weighted by Gasteiger charge is -2.42. The Balaban J connectivity index is 1.59. The zero-order valence-electron chi connectivity index (χ0n) is 28.8. The highest BCUT2D eigenvalue weighted by molar-refractivity contribution is 7.92. The fourth-order valence-corrected chi connectivity index (χ4v) is 9.75. The summed E-state index contributed by atoms with van der Waals surface area (Å²) in [6, 6.07) is 11.3. The van der Waals surface area contributed by atoms with Crippen molar-refractivity contribution in [1.29, 1.82) is 0 Å². The van der Waals surface area contributed by atoms with Crippen LogP contribution in [0.25, 0.3) is 0 Å². The largest absolute Gasteiger partial charge is 0.490 e. The van der Waals surface area contributed by atoms with Crippen molar-refractivity contribution in [3.63, 3.8) is 0 Å². The Morgan fingerprint density at radius 1 is 1.22 bits per heavy atom. The van der Waals surface area contributed by atoms with Crippen molar-refractivity contribution in [3.8, 4) is 5.75 Å². The van der Waals surface area contributed by atoms with Gasteiger partial charge in [0.1, 0.15) is 25.5 Å². The average molecular weight is 734 g/mol. The molecule has 3 aliphatic rings. The van der Waals surface area contributed by atoms with Crippen LogP contribution in [0.4, 0.5) is 5.69 Å². The molecule has 10 nitrogen and oxygen atoms in total. The number of carbonyl (C=O) groups is 2. The fourth-order valence-electron chi connectivity index (χ4n) is 7.37. The van der Waals surface area contributed by atoms with Crippen LogP contribution in [-0.2, 0) is 41.1 Å². The van der Waals surface area contributed by atoms with Gasteiger partial charge in [-0.3, -0.25) is 14.3 Å². The van der Waals surface area contributed by atoms with Crippen molar-refractivity contribution in [2.24, 2.45) is 16.2 Å². The van der Waals surface area contributed by atoms with Gasteiger partial charge in [0.15, 0.2) is 0 Å². The summed E-state index contributed by atoms with van der Waals surface area (Å²) < 4.78 is 56.4. The maximum Gasteiger partial charge on any atom is 0.286 e. The molecule has 1 N–H and O–H groups in total. The monoisotopic (exact) mass is 733 g/mol. The molecule has 5 atom stereocenters. The van der Waals surface area contributed by atoms with Gasteiger partial charge in [0.25, 0.3) is 5.91 Å². The zero-order valence-corrected chi connectivity index (χ0v) is 31.2. The molecular formula is C36H48ClN3O7S2. The van der Waals surface area contributed by atoms with Crippen LogP contribution in [0.3, 0.4) is 0 Å². The minimum atomic E-state index is -3.57. The summed E-state index contributed by atoms with van der Waals surface area (Å²) in [5, 5.41) is 0.715. The van der Waals surface area contributed by atoms with Crippen molar-refractivity contribution in [2.45, 2.75) is 70.3 Å². The zero-order chi connectivity index (χ0) is 35.4. The molecule has 2 aliphatic heterocycles. The van der Waals surface area contributed by atoms with Crippen molar-refractivity contribution in [1.82, 2.24) is 4.72 Å². The van der Waals surface area contributed by atoms with Crippen molar-refractivity contribution >= 4 is 48.9 Å². The van der Waals surface area contributed by atoms with Crippen LogP contribution in [0, 0.1) is 11.8 Å². The number of ether oxygens (including phenoxy) is 2. The molecule has 0 saturated heterocycles. The van der Waals surface area contributed by atoms with Gasteiger partial charge in [-0.15, -0.1) is 4.36 Å². The molecule has 0 aromatic heterocycles. The first-order valence-corrected chi connectivity index (χ1v) is 21.1. The number of benzene rings is 2. The van der Waals surface area contributed by atoms with Gasteiger partial charge < -0.3 is 14.4 Å². The second kappa shape index (κ2) is 15.5. The van der Waals surface area contributed by atoms with E-state index in [9.17, 15) is 22.2 Å². The van der Waals surface area contributed by atoms with E-state index in [0.717, 1.165) is 37.6 Å². The van der Waals surface area contributed by atoms with Gasteiger partial charge in [0.05, 0.1) is 29.9 Å². The summed E-state index contributed by atoms with van der Waals surface area (Å²) >= 11 is 6.43. The first-order valence-electron chi connectivity index (χ1n) is 17.0. The Morgan fingerprint density at radius 2 is 2.02 bits per heavy atom. The third-order valence-corrected chi connectivity index (χ3v) is 13.1. The molecule has 5 rings (SSSR count). The number of allylic oxidation sites excluding steroid dienone is 1. The Kier molecular flexibility index (Phi) is 11.8. The molecule has 2 bridgehead atoms. The number of rotatable bonds is 6. The van der Waals surface area contributed by atoms with Crippen LogP contribution >= 0.6 is 11.6 Å². The number of fused-ring (bicyclic) bond motifs is 3. The number of nitrogens with zero attached hydrogens (tertiary/aromatic N) is 2.